The molecule has 0 aromatic heterocycles. The highest BCUT2D eigenvalue weighted by Crippen LogP contribution is 2.45. The molecule has 5 nitrogen and oxygen atoms in total. The van der Waals surface area contributed by atoms with Crippen LogP contribution in [0.5, 0.6) is 0 Å². The van der Waals surface area contributed by atoms with Gasteiger partial charge in [0.2, 0.25) is 5.91 Å². The number of piperidine rings is 1. The minimum Gasteiger partial charge on any atom is -0.465 e. The number of halogens is 1. The number of hydrogen-bond acceptors (Lipinski definition) is 2. The molecule has 3 atom stereocenters. The third-order valence-electron chi connectivity index (χ3n) is 2.95. The number of carbonyl (C=O) groups excluding carboxylic acids is 1. The van der Waals surface area contributed by atoms with Crippen molar-refractivity contribution in [2.45, 2.75) is 6.04 Å². The molecule has 1 heterocycles. The highest BCUT2D eigenvalue weighted by molar-refractivity contribution is 6.27. The van der Waals surface area contributed by atoms with Crippen molar-refractivity contribution < 1.29 is 14.7 Å². The number of carbonyl (C=O) groups is 2. The molecule has 0 aromatic carbocycles. The zero-order valence-electron chi connectivity index (χ0n) is 7.44. The summed E-state index contributed by atoms with van der Waals surface area (Å²) in [5.41, 5.74) is 0. The molecule has 1 saturated heterocycles. The lowest BCUT2D eigenvalue weighted by Gasteiger charge is -2.18. The van der Waals surface area contributed by atoms with Gasteiger partial charge in [0.1, 0.15) is 5.88 Å². The van der Waals surface area contributed by atoms with Crippen LogP contribution in [-0.4, -0.2) is 47.0 Å². The average molecular weight is 219 g/mol. The van der Waals surface area contributed by atoms with E-state index in [2.05, 4.69) is 5.32 Å². The lowest BCUT2D eigenvalue weighted by Crippen LogP contribution is -2.37. The molecule has 2 amide bonds. The zero-order valence-corrected chi connectivity index (χ0v) is 8.20. The van der Waals surface area contributed by atoms with Crippen molar-refractivity contribution in [2.24, 2.45) is 11.8 Å². The first-order chi connectivity index (χ1) is 6.63. The molecule has 78 valence electrons. The van der Waals surface area contributed by atoms with E-state index < -0.39 is 6.09 Å². The Hall–Kier alpha value is -0.970. The third kappa shape index (κ3) is 1.52. The Morgan fingerprint density at radius 3 is 2.43 bits per heavy atom. The predicted molar refractivity (Wildman–Crippen MR) is 49.2 cm³/mol. The Labute approximate surface area is 86.0 Å². The maximum atomic E-state index is 11.2. The van der Waals surface area contributed by atoms with Gasteiger partial charge in [-0.2, -0.15) is 0 Å². The van der Waals surface area contributed by atoms with Crippen LogP contribution in [0.25, 0.3) is 0 Å². The first-order valence-corrected chi connectivity index (χ1v) is 5.00. The summed E-state index contributed by atoms with van der Waals surface area (Å²) < 4.78 is 0. The summed E-state index contributed by atoms with van der Waals surface area (Å²) in [6, 6.07) is 0.0480. The van der Waals surface area contributed by atoms with E-state index >= 15 is 0 Å². The maximum absolute atomic E-state index is 11.2. The highest BCUT2D eigenvalue weighted by atomic mass is 35.5. The van der Waals surface area contributed by atoms with Crippen molar-refractivity contribution in [1.29, 1.82) is 0 Å². The van der Waals surface area contributed by atoms with Crippen molar-refractivity contribution in [2.75, 3.05) is 19.0 Å². The van der Waals surface area contributed by atoms with Gasteiger partial charge in [-0.05, 0) is 0 Å². The number of fused-ring (bicyclic) bond motifs is 1. The number of likely N-dealkylation sites (tertiary alicyclic amines) is 1. The van der Waals surface area contributed by atoms with Gasteiger partial charge in [0, 0.05) is 31.0 Å². The summed E-state index contributed by atoms with van der Waals surface area (Å²) in [5.74, 6) is 0.556. The molecule has 0 aromatic rings. The normalized spacial score (nSPS) is 33.8. The van der Waals surface area contributed by atoms with Crippen LogP contribution in [-0.2, 0) is 4.79 Å². The Kier molecular flexibility index (Phi) is 2.26. The van der Waals surface area contributed by atoms with E-state index in [0.29, 0.717) is 24.9 Å². The molecule has 1 saturated carbocycles. The van der Waals surface area contributed by atoms with E-state index in [1.165, 1.54) is 0 Å². The van der Waals surface area contributed by atoms with Crippen LogP contribution in [0.1, 0.15) is 0 Å². The number of rotatable bonds is 2. The van der Waals surface area contributed by atoms with Crippen molar-refractivity contribution in [3.05, 3.63) is 0 Å². The van der Waals surface area contributed by atoms with Gasteiger partial charge in [0.05, 0.1) is 0 Å². The fourth-order valence-electron chi connectivity index (χ4n) is 2.17. The van der Waals surface area contributed by atoms with Gasteiger partial charge in [0.15, 0.2) is 0 Å². The molecule has 1 aliphatic carbocycles. The second kappa shape index (κ2) is 3.31. The second-order valence-electron chi connectivity index (χ2n) is 3.74. The van der Waals surface area contributed by atoms with Crippen molar-refractivity contribution in [3.8, 4) is 0 Å². The van der Waals surface area contributed by atoms with Crippen LogP contribution < -0.4 is 5.32 Å². The van der Waals surface area contributed by atoms with Crippen LogP contribution in [0.15, 0.2) is 0 Å². The van der Waals surface area contributed by atoms with Gasteiger partial charge in [-0.15, -0.1) is 11.6 Å². The van der Waals surface area contributed by atoms with Crippen molar-refractivity contribution >= 4 is 23.6 Å². The molecular formula is C8H11ClN2O3. The molecule has 0 bridgehead atoms. The number of nitrogens with one attached hydrogen (secondary N) is 1. The van der Waals surface area contributed by atoms with E-state index in [0.717, 1.165) is 0 Å². The van der Waals surface area contributed by atoms with E-state index in [1.54, 1.807) is 4.90 Å². The fourth-order valence-corrected chi connectivity index (χ4v) is 2.34. The predicted octanol–water partition coefficient (Wildman–Crippen LogP) is -0.0504. The van der Waals surface area contributed by atoms with Crippen molar-refractivity contribution in [1.82, 2.24) is 10.2 Å². The van der Waals surface area contributed by atoms with E-state index in [1.807, 2.05) is 0 Å². The molecule has 0 spiro atoms. The van der Waals surface area contributed by atoms with Gasteiger partial charge in [-0.1, -0.05) is 0 Å². The molecule has 0 radical (unpaired) electrons. The summed E-state index contributed by atoms with van der Waals surface area (Å²) in [4.78, 5) is 23.2. The van der Waals surface area contributed by atoms with Crippen LogP contribution in [0.3, 0.4) is 0 Å². The zero-order chi connectivity index (χ0) is 10.3. The minimum atomic E-state index is -0.986. The van der Waals surface area contributed by atoms with Crippen LogP contribution >= 0.6 is 11.6 Å². The van der Waals surface area contributed by atoms with Gasteiger partial charge in [0.25, 0.3) is 0 Å². The quantitative estimate of drug-likeness (QED) is 0.639. The number of hydrogen-bond donors (Lipinski definition) is 2. The molecule has 2 rings (SSSR count). The number of alkyl halides is 1. The average Bonchev–Trinajstić information content (AvgIpc) is 2.64. The number of amides is 2. The molecular weight excluding hydrogens is 208 g/mol. The summed E-state index contributed by atoms with van der Waals surface area (Å²) in [6.07, 6.45) is -0.986. The summed E-state index contributed by atoms with van der Waals surface area (Å²) in [7, 11) is 0. The topological polar surface area (TPSA) is 69.6 Å². The SMILES string of the molecule is O=C(O)NC1[C@H]2CN(C(=O)CCl)C[C@@H]12. The smallest absolute Gasteiger partial charge is 0.404 e. The molecule has 1 unspecified atom stereocenters. The van der Waals surface area contributed by atoms with Gasteiger partial charge >= 0.3 is 6.09 Å². The van der Waals surface area contributed by atoms with Crippen LogP contribution in [0, 0.1) is 11.8 Å². The Morgan fingerprint density at radius 1 is 1.43 bits per heavy atom. The molecule has 2 aliphatic rings. The van der Waals surface area contributed by atoms with Crippen molar-refractivity contribution in [3.63, 3.8) is 0 Å². The standard InChI is InChI=1S/C8H11ClN2O3/c9-1-6(12)11-2-4-5(3-11)7(4)10-8(13)14/h4-5,7,10H,1-3H2,(H,13,14)/t4-,5+,7?. The number of carboxylic acid groups (broad SMARTS) is 1. The van der Waals surface area contributed by atoms with Crippen LogP contribution in [0.2, 0.25) is 0 Å². The summed E-state index contributed by atoms with van der Waals surface area (Å²) in [5, 5.41) is 10.9. The molecule has 2 fully saturated rings. The lowest BCUT2D eigenvalue weighted by atomic mass is 10.4. The van der Waals surface area contributed by atoms with E-state index in [4.69, 9.17) is 16.7 Å². The molecule has 6 heteroatoms. The van der Waals surface area contributed by atoms with Gasteiger partial charge in [-0.3, -0.25) is 4.79 Å². The lowest BCUT2D eigenvalue weighted by molar-refractivity contribution is -0.128. The Bertz CT molecular complexity index is 272. The maximum Gasteiger partial charge on any atom is 0.404 e. The van der Waals surface area contributed by atoms with Gasteiger partial charge < -0.3 is 15.3 Å². The fraction of sp³-hybridized carbons (Fsp3) is 0.750. The summed E-state index contributed by atoms with van der Waals surface area (Å²) >= 11 is 5.41. The molecule has 2 N–H and O–H groups in total. The number of nitrogens with zero attached hydrogens (tertiary/aromatic N) is 1. The molecule has 14 heavy (non-hydrogen) atoms. The third-order valence-corrected chi connectivity index (χ3v) is 3.18. The highest BCUT2D eigenvalue weighted by Gasteiger charge is 2.57. The van der Waals surface area contributed by atoms with Gasteiger partial charge in [-0.25, -0.2) is 4.79 Å². The van der Waals surface area contributed by atoms with E-state index in [-0.39, 0.29) is 17.8 Å². The Balaban J connectivity index is 1.81. The second-order valence-corrected chi connectivity index (χ2v) is 4.00. The largest absolute Gasteiger partial charge is 0.465 e. The molecule has 1 aliphatic heterocycles. The monoisotopic (exact) mass is 218 g/mol. The first kappa shape index (κ1) is 9.58. The Morgan fingerprint density at radius 2 is 2.00 bits per heavy atom. The minimum absolute atomic E-state index is 0.0104. The first-order valence-electron chi connectivity index (χ1n) is 4.46. The summed E-state index contributed by atoms with van der Waals surface area (Å²) in [6.45, 7) is 1.28. The van der Waals surface area contributed by atoms with Crippen LogP contribution in [0.4, 0.5) is 4.79 Å². The van der Waals surface area contributed by atoms with E-state index in [9.17, 15) is 9.59 Å².